The maximum atomic E-state index is 15.8. The van der Waals surface area contributed by atoms with Gasteiger partial charge in [-0.15, -0.1) is 13.2 Å². The van der Waals surface area contributed by atoms with Crippen LogP contribution in [0.1, 0.15) is 78.8 Å². The minimum Gasteiger partial charge on any atom is -0.493 e. The number of benzene rings is 2. The van der Waals surface area contributed by atoms with Crippen molar-refractivity contribution < 1.29 is 41.4 Å². The number of nitrogens with two attached hydrogens (primary N) is 1. The molecule has 43 heavy (non-hydrogen) atoms. The number of hydrogen-bond donors (Lipinski definition) is 2. The summed E-state index contributed by atoms with van der Waals surface area (Å²) in [5.74, 6) is -2.97. The Hall–Kier alpha value is -4.35. The third-order valence-corrected chi connectivity index (χ3v) is 7.59. The molecule has 4 rings (SSSR count). The minimum atomic E-state index is -4.93. The fourth-order valence-electron chi connectivity index (χ4n) is 5.32. The Morgan fingerprint density at radius 1 is 0.953 bits per heavy atom. The molecule has 8 nitrogen and oxygen atoms in total. The summed E-state index contributed by atoms with van der Waals surface area (Å²) in [5.41, 5.74) is 5.62. The summed E-state index contributed by atoms with van der Waals surface area (Å²) >= 11 is 0. The zero-order valence-electron chi connectivity index (χ0n) is 24.2. The van der Waals surface area contributed by atoms with Crippen molar-refractivity contribution in [3.63, 3.8) is 0 Å². The molecule has 1 aromatic heterocycles. The molecular weight excluding hydrogens is 570 g/mol. The van der Waals surface area contributed by atoms with Crippen molar-refractivity contribution in [3.05, 3.63) is 71.3 Å². The van der Waals surface area contributed by atoms with Gasteiger partial charge in [-0.1, -0.05) is 20.8 Å². The highest BCUT2D eigenvalue weighted by atomic mass is 19.4. The van der Waals surface area contributed by atoms with Crippen molar-refractivity contribution in [2.24, 2.45) is 17.1 Å². The molecule has 230 valence electrons. The van der Waals surface area contributed by atoms with Crippen LogP contribution in [0.15, 0.2) is 48.7 Å². The molecule has 1 fully saturated rings. The molecule has 0 radical (unpaired) electrons. The fourth-order valence-corrected chi connectivity index (χ4v) is 5.32. The predicted molar refractivity (Wildman–Crippen MR) is 151 cm³/mol. The highest BCUT2D eigenvalue weighted by Gasteiger charge is 2.33. The average molecular weight is 604 g/mol. The normalized spacial score (nSPS) is 17.2. The smallest absolute Gasteiger partial charge is 0.493 e. The van der Waals surface area contributed by atoms with E-state index in [1.807, 2.05) is 0 Å². The molecule has 1 aliphatic carbocycles. The van der Waals surface area contributed by atoms with E-state index in [1.165, 1.54) is 37.6 Å². The number of ether oxygens (including phenoxy) is 3. The number of rotatable bonds is 8. The lowest BCUT2D eigenvalue weighted by molar-refractivity contribution is -0.274. The fraction of sp³-hybridized carbons (Fsp3) is 0.387. The molecule has 12 heteroatoms. The molecule has 3 aromatic rings. The van der Waals surface area contributed by atoms with E-state index in [2.05, 4.69) is 35.8 Å². The quantitative estimate of drug-likeness (QED) is 0.257. The van der Waals surface area contributed by atoms with Crippen LogP contribution in [0.5, 0.6) is 23.0 Å². The zero-order valence-corrected chi connectivity index (χ0v) is 24.2. The van der Waals surface area contributed by atoms with E-state index in [-0.39, 0.29) is 40.0 Å². The summed E-state index contributed by atoms with van der Waals surface area (Å²) < 4.78 is 69.2. The van der Waals surface area contributed by atoms with Crippen molar-refractivity contribution in [2.75, 3.05) is 12.4 Å². The highest BCUT2D eigenvalue weighted by Crippen LogP contribution is 2.45. The number of carbonyl (C=O) groups is 2. The van der Waals surface area contributed by atoms with E-state index >= 15 is 4.39 Å². The van der Waals surface area contributed by atoms with Crippen molar-refractivity contribution in [1.29, 1.82) is 0 Å². The van der Waals surface area contributed by atoms with Gasteiger partial charge in [0, 0.05) is 18.0 Å². The summed E-state index contributed by atoms with van der Waals surface area (Å²) in [5, 5.41) is 2.52. The lowest BCUT2D eigenvalue weighted by atomic mass is 9.68. The molecule has 0 saturated heterocycles. The van der Waals surface area contributed by atoms with Crippen molar-refractivity contribution in [3.8, 4) is 23.0 Å². The first-order valence-corrected chi connectivity index (χ1v) is 13.7. The molecule has 0 aliphatic heterocycles. The van der Waals surface area contributed by atoms with Gasteiger partial charge < -0.3 is 25.3 Å². The second-order valence-corrected chi connectivity index (χ2v) is 11.5. The number of amides is 2. The highest BCUT2D eigenvalue weighted by molar-refractivity contribution is 6.07. The van der Waals surface area contributed by atoms with Gasteiger partial charge in [0.25, 0.3) is 11.8 Å². The van der Waals surface area contributed by atoms with Gasteiger partial charge >= 0.3 is 6.36 Å². The summed E-state index contributed by atoms with van der Waals surface area (Å²) in [6.07, 6.45) is -0.141. The number of nitrogens with one attached hydrogen (secondary N) is 1. The van der Waals surface area contributed by atoms with Crippen LogP contribution in [-0.4, -0.2) is 30.3 Å². The van der Waals surface area contributed by atoms with E-state index < -0.39 is 35.3 Å². The first kappa shape index (κ1) is 31.6. The van der Waals surface area contributed by atoms with Gasteiger partial charge in [0.15, 0.2) is 11.5 Å². The number of methoxy groups -OCH3 is 1. The number of anilines is 1. The first-order chi connectivity index (χ1) is 20.1. The summed E-state index contributed by atoms with van der Waals surface area (Å²) in [6, 6.07) is 8.67. The molecule has 1 aliphatic rings. The summed E-state index contributed by atoms with van der Waals surface area (Å²) in [7, 11) is 1.22. The van der Waals surface area contributed by atoms with Crippen molar-refractivity contribution in [1.82, 2.24) is 4.98 Å². The van der Waals surface area contributed by atoms with Crippen molar-refractivity contribution in [2.45, 2.75) is 58.7 Å². The monoisotopic (exact) mass is 603 g/mol. The maximum absolute atomic E-state index is 15.8. The zero-order chi connectivity index (χ0) is 31.5. The Balaban J connectivity index is 1.71. The number of halogens is 4. The Bertz CT molecular complexity index is 1500. The van der Waals surface area contributed by atoms with Gasteiger partial charge in [-0.25, -0.2) is 4.39 Å². The van der Waals surface area contributed by atoms with E-state index in [1.54, 1.807) is 6.07 Å². The average Bonchev–Trinajstić information content (AvgIpc) is 2.92. The van der Waals surface area contributed by atoms with E-state index in [0.29, 0.717) is 11.5 Å². The largest absolute Gasteiger partial charge is 0.573 e. The number of pyridine rings is 1. The van der Waals surface area contributed by atoms with Gasteiger partial charge in [0.05, 0.1) is 7.11 Å². The van der Waals surface area contributed by atoms with Crippen LogP contribution < -0.4 is 25.3 Å². The lowest BCUT2D eigenvalue weighted by Crippen LogP contribution is -2.25. The SMILES string of the molecule is COc1cc(OC(F)(F)F)ccc1Oc1cc([C@H]2CC[C@H](C(C)(C)C)CC2)cc(F)c1C(=O)Nc1ccnc(C(N)=O)c1. The van der Waals surface area contributed by atoms with Crippen LogP contribution in [0.3, 0.4) is 0 Å². The third-order valence-electron chi connectivity index (χ3n) is 7.59. The molecular formula is C31H33F4N3O5. The van der Waals surface area contributed by atoms with E-state index in [0.717, 1.165) is 37.8 Å². The topological polar surface area (TPSA) is 113 Å². The number of hydrogen-bond acceptors (Lipinski definition) is 6. The standard InChI is InChI=1S/C31H33F4N3O5/c1-30(2,3)19-7-5-17(6-8-19)18-13-22(32)27(29(40)38-20-11-12-37-23(15-20)28(36)39)26(14-18)42-24-10-9-21(16-25(24)41-4)43-31(33,34)35/h9-17,19H,5-8H2,1-4H3,(H2,36,39)(H,37,38,40)/t17-,19-. The second kappa shape index (κ2) is 12.5. The van der Waals surface area contributed by atoms with Crippen LogP contribution in [0.4, 0.5) is 23.2 Å². The van der Waals surface area contributed by atoms with Gasteiger partial charge in [-0.05, 0) is 84.9 Å². The second-order valence-electron chi connectivity index (χ2n) is 11.5. The molecule has 0 spiro atoms. The number of aromatic nitrogens is 1. The first-order valence-electron chi connectivity index (χ1n) is 13.7. The van der Waals surface area contributed by atoms with Gasteiger partial charge in [-0.3, -0.25) is 14.6 Å². The van der Waals surface area contributed by atoms with E-state index in [9.17, 15) is 22.8 Å². The summed E-state index contributed by atoms with van der Waals surface area (Å²) in [4.78, 5) is 28.7. The molecule has 0 bridgehead atoms. The Morgan fingerprint density at radius 3 is 2.26 bits per heavy atom. The molecule has 0 unspecified atom stereocenters. The van der Waals surface area contributed by atoms with Gasteiger partial charge in [0.2, 0.25) is 0 Å². The van der Waals surface area contributed by atoms with Gasteiger partial charge in [-0.2, -0.15) is 0 Å². The molecule has 3 N–H and O–H groups in total. The van der Waals surface area contributed by atoms with Crippen LogP contribution in [0.2, 0.25) is 0 Å². The van der Waals surface area contributed by atoms with Crippen LogP contribution in [0.25, 0.3) is 0 Å². The maximum Gasteiger partial charge on any atom is 0.573 e. The number of nitrogens with zero attached hydrogens (tertiary/aromatic N) is 1. The van der Waals surface area contributed by atoms with Crippen LogP contribution in [-0.2, 0) is 0 Å². The Morgan fingerprint density at radius 2 is 1.65 bits per heavy atom. The minimum absolute atomic E-state index is 0.00957. The predicted octanol–water partition coefficient (Wildman–Crippen LogP) is 7.59. The summed E-state index contributed by atoms with van der Waals surface area (Å²) in [6.45, 7) is 6.60. The molecule has 0 atom stereocenters. The Labute approximate surface area is 246 Å². The molecule has 2 aromatic carbocycles. The lowest BCUT2D eigenvalue weighted by Gasteiger charge is -2.37. The van der Waals surface area contributed by atoms with Crippen LogP contribution >= 0.6 is 0 Å². The van der Waals surface area contributed by atoms with Crippen molar-refractivity contribution >= 4 is 17.5 Å². The molecule has 1 heterocycles. The third kappa shape index (κ3) is 7.94. The van der Waals surface area contributed by atoms with Crippen LogP contribution in [0, 0.1) is 17.2 Å². The number of primary amides is 1. The number of alkyl halides is 3. The molecule has 1 saturated carbocycles. The molecule has 2 amide bonds. The van der Waals surface area contributed by atoms with Gasteiger partial charge in [0.1, 0.15) is 28.6 Å². The van der Waals surface area contributed by atoms with E-state index in [4.69, 9.17) is 15.2 Å². The Kier molecular flexibility index (Phi) is 9.17. The number of carbonyl (C=O) groups excluding carboxylic acids is 2.